The average Bonchev–Trinajstić information content (AvgIpc) is 2.74. The van der Waals surface area contributed by atoms with Gasteiger partial charge in [-0.05, 0) is 37.9 Å². The van der Waals surface area contributed by atoms with Crippen molar-refractivity contribution in [2.75, 3.05) is 7.05 Å². The summed E-state index contributed by atoms with van der Waals surface area (Å²) in [6.45, 7) is 10.9. The van der Waals surface area contributed by atoms with Gasteiger partial charge in [-0.15, -0.1) is 11.3 Å². The number of thiophene rings is 1. The summed E-state index contributed by atoms with van der Waals surface area (Å²) >= 11 is 1.93. The highest BCUT2D eigenvalue weighted by Gasteiger charge is 2.15. The minimum absolute atomic E-state index is 0.524. The predicted octanol–water partition coefficient (Wildman–Crippen LogP) is 4.24. The van der Waals surface area contributed by atoms with Crippen molar-refractivity contribution in [3.8, 4) is 0 Å². The number of nitrogens with zero attached hydrogens (tertiary/aromatic N) is 1. The standard InChI is InChI=1S/C17H26N2S/c1-12(2)18-10-17-15(11-19(5)13(3)4)14-8-6-7-9-16(14)20-17/h6-9,12-13,18H,10-11H2,1-5H3. The van der Waals surface area contributed by atoms with Gasteiger partial charge in [0, 0.05) is 34.8 Å². The average molecular weight is 290 g/mol. The lowest BCUT2D eigenvalue weighted by molar-refractivity contribution is 0.266. The fourth-order valence-electron chi connectivity index (χ4n) is 2.19. The molecule has 2 rings (SSSR count). The van der Waals surface area contributed by atoms with Crippen LogP contribution in [0.3, 0.4) is 0 Å². The molecular weight excluding hydrogens is 264 g/mol. The monoisotopic (exact) mass is 290 g/mol. The summed E-state index contributed by atoms with van der Waals surface area (Å²) < 4.78 is 1.40. The second-order valence-electron chi connectivity index (χ2n) is 6.04. The third-order valence-corrected chi connectivity index (χ3v) is 4.95. The number of benzene rings is 1. The minimum Gasteiger partial charge on any atom is -0.310 e. The zero-order valence-electron chi connectivity index (χ0n) is 13.2. The van der Waals surface area contributed by atoms with Gasteiger partial charge in [0.2, 0.25) is 0 Å². The van der Waals surface area contributed by atoms with Crippen molar-refractivity contribution < 1.29 is 0 Å². The zero-order chi connectivity index (χ0) is 14.7. The summed E-state index contributed by atoms with van der Waals surface area (Å²) in [6.07, 6.45) is 0. The van der Waals surface area contributed by atoms with Crippen LogP contribution in [0.25, 0.3) is 10.1 Å². The van der Waals surface area contributed by atoms with Crippen LogP contribution >= 0.6 is 11.3 Å². The van der Waals surface area contributed by atoms with E-state index in [0.717, 1.165) is 13.1 Å². The quantitative estimate of drug-likeness (QED) is 0.856. The molecule has 0 aliphatic rings. The van der Waals surface area contributed by atoms with Crippen molar-refractivity contribution >= 4 is 21.4 Å². The maximum Gasteiger partial charge on any atom is 0.0349 e. The third kappa shape index (κ3) is 3.60. The lowest BCUT2D eigenvalue weighted by atomic mass is 10.1. The first-order chi connectivity index (χ1) is 9.49. The molecule has 0 aliphatic heterocycles. The highest BCUT2D eigenvalue weighted by molar-refractivity contribution is 7.19. The Bertz CT molecular complexity index is 557. The molecule has 2 nitrogen and oxygen atoms in total. The van der Waals surface area contributed by atoms with Gasteiger partial charge in [0.05, 0.1) is 0 Å². The Balaban J connectivity index is 2.34. The molecular formula is C17H26N2S. The van der Waals surface area contributed by atoms with Crippen LogP contribution < -0.4 is 5.32 Å². The first-order valence-corrected chi connectivity index (χ1v) is 8.23. The number of hydrogen-bond acceptors (Lipinski definition) is 3. The Morgan fingerprint density at radius 1 is 1.15 bits per heavy atom. The van der Waals surface area contributed by atoms with E-state index in [-0.39, 0.29) is 0 Å². The normalized spacial score (nSPS) is 12.2. The van der Waals surface area contributed by atoms with E-state index in [2.05, 4.69) is 69.2 Å². The van der Waals surface area contributed by atoms with E-state index >= 15 is 0 Å². The van der Waals surface area contributed by atoms with Crippen LogP contribution in [0.2, 0.25) is 0 Å². The van der Waals surface area contributed by atoms with E-state index in [1.54, 1.807) is 0 Å². The summed E-state index contributed by atoms with van der Waals surface area (Å²) in [7, 11) is 2.21. The van der Waals surface area contributed by atoms with Crippen molar-refractivity contribution in [3.05, 3.63) is 34.7 Å². The highest BCUT2D eigenvalue weighted by atomic mass is 32.1. The van der Waals surface area contributed by atoms with Crippen molar-refractivity contribution in [2.24, 2.45) is 0 Å². The molecule has 0 bridgehead atoms. The summed E-state index contributed by atoms with van der Waals surface area (Å²) in [6, 6.07) is 9.86. The van der Waals surface area contributed by atoms with Gasteiger partial charge in [0.1, 0.15) is 0 Å². The van der Waals surface area contributed by atoms with Crippen molar-refractivity contribution in [3.63, 3.8) is 0 Å². The Hall–Kier alpha value is -0.900. The van der Waals surface area contributed by atoms with E-state index < -0.39 is 0 Å². The third-order valence-electron chi connectivity index (χ3n) is 3.74. The van der Waals surface area contributed by atoms with Crippen LogP contribution in [0.5, 0.6) is 0 Å². The van der Waals surface area contributed by atoms with Gasteiger partial charge in [-0.25, -0.2) is 0 Å². The van der Waals surface area contributed by atoms with Crippen molar-refractivity contribution in [2.45, 2.75) is 52.9 Å². The van der Waals surface area contributed by atoms with E-state index in [1.165, 1.54) is 20.5 Å². The minimum atomic E-state index is 0.524. The molecule has 0 saturated carbocycles. The largest absolute Gasteiger partial charge is 0.310 e. The van der Waals surface area contributed by atoms with E-state index in [9.17, 15) is 0 Å². The van der Waals surface area contributed by atoms with Gasteiger partial charge < -0.3 is 5.32 Å². The summed E-state index contributed by atoms with van der Waals surface area (Å²) in [4.78, 5) is 3.89. The van der Waals surface area contributed by atoms with Gasteiger partial charge in [-0.1, -0.05) is 32.0 Å². The second kappa shape index (κ2) is 6.70. The number of rotatable bonds is 6. The lowest BCUT2D eigenvalue weighted by Gasteiger charge is -2.21. The zero-order valence-corrected chi connectivity index (χ0v) is 14.1. The molecule has 1 aromatic carbocycles. The molecule has 0 radical (unpaired) electrons. The van der Waals surface area contributed by atoms with Crippen LogP contribution in [0.15, 0.2) is 24.3 Å². The topological polar surface area (TPSA) is 15.3 Å². The van der Waals surface area contributed by atoms with Crippen LogP contribution in [-0.2, 0) is 13.1 Å². The molecule has 20 heavy (non-hydrogen) atoms. The molecule has 0 spiro atoms. The Kier molecular flexibility index (Phi) is 5.19. The maximum absolute atomic E-state index is 3.56. The highest BCUT2D eigenvalue weighted by Crippen LogP contribution is 2.32. The van der Waals surface area contributed by atoms with Crippen LogP contribution in [-0.4, -0.2) is 24.0 Å². The molecule has 2 aromatic rings. The van der Waals surface area contributed by atoms with Crippen molar-refractivity contribution in [1.29, 1.82) is 0 Å². The van der Waals surface area contributed by atoms with Gasteiger partial charge in [0.15, 0.2) is 0 Å². The van der Waals surface area contributed by atoms with Gasteiger partial charge >= 0.3 is 0 Å². The Morgan fingerprint density at radius 3 is 2.50 bits per heavy atom. The molecule has 1 aromatic heterocycles. The predicted molar refractivity (Wildman–Crippen MR) is 90.4 cm³/mol. The van der Waals surface area contributed by atoms with Crippen molar-refractivity contribution in [1.82, 2.24) is 10.2 Å². The molecule has 0 saturated heterocycles. The SMILES string of the molecule is CC(C)NCc1sc2ccccc2c1CN(C)C(C)C. The number of nitrogens with one attached hydrogen (secondary N) is 1. The molecule has 0 amide bonds. The molecule has 110 valence electrons. The Labute approximate surface area is 126 Å². The van der Waals surface area contributed by atoms with Gasteiger partial charge in [0.25, 0.3) is 0 Å². The van der Waals surface area contributed by atoms with Crippen LogP contribution in [0.4, 0.5) is 0 Å². The lowest BCUT2D eigenvalue weighted by Crippen LogP contribution is -2.27. The smallest absolute Gasteiger partial charge is 0.0349 e. The van der Waals surface area contributed by atoms with E-state index in [1.807, 2.05) is 11.3 Å². The molecule has 0 fully saturated rings. The van der Waals surface area contributed by atoms with Crippen LogP contribution in [0, 0.1) is 0 Å². The first-order valence-electron chi connectivity index (χ1n) is 7.42. The first kappa shape index (κ1) is 15.5. The van der Waals surface area contributed by atoms with Crippen LogP contribution in [0.1, 0.15) is 38.1 Å². The number of hydrogen-bond donors (Lipinski definition) is 1. The van der Waals surface area contributed by atoms with Gasteiger partial charge in [-0.3, -0.25) is 4.90 Å². The maximum atomic E-state index is 3.56. The fraction of sp³-hybridized carbons (Fsp3) is 0.529. The molecule has 1 heterocycles. The summed E-state index contributed by atoms with van der Waals surface area (Å²) in [5.41, 5.74) is 1.50. The van der Waals surface area contributed by atoms with E-state index in [0.29, 0.717) is 12.1 Å². The molecule has 0 aliphatic carbocycles. The fourth-order valence-corrected chi connectivity index (χ4v) is 3.36. The second-order valence-corrected chi connectivity index (χ2v) is 7.18. The molecule has 3 heteroatoms. The number of fused-ring (bicyclic) bond motifs is 1. The Morgan fingerprint density at radius 2 is 1.85 bits per heavy atom. The molecule has 0 atom stereocenters. The van der Waals surface area contributed by atoms with E-state index in [4.69, 9.17) is 0 Å². The van der Waals surface area contributed by atoms with Gasteiger partial charge in [-0.2, -0.15) is 0 Å². The molecule has 0 unspecified atom stereocenters. The summed E-state index contributed by atoms with van der Waals surface area (Å²) in [5, 5.41) is 4.98. The summed E-state index contributed by atoms with van der Waals surface area (Å²) in [5.74, 6) is 0. The molecule has 1 N–H and O–H groups in total.